The molecule has 57 heavy (non-hydrogen) atoms. The van der Waals surface area contributed by atoms with Gasteiger partial charge in [-0.25, -0.2) is 0 Å². The third-order valence-corrected chi connectivity index (χ3v) is 10.6. The Labute approximate surface area is 350 Å². The minimum atomic E-state index is -4.63. The molecule has 0 aromatic rings. The lowest BCUT2D eigenvalue weighted by Gasteiger charge is -2.28. The molecule has 10 heteroatoms. The maximum Gasteiger partial charge on any atom is 0.306 e. The summed E-state index contributed by atoms with van der Waals surface area (Å²) in [6, 6.07) is 0. The fraction of sp³-hybridized carbons (Fsp3) is 0.787. The van der Waals surface area contributed by atoms with Crippen molar-refractivity contribution < 1.29 is 42.1 Å². The maximum atomic E-state index is 12.7. The molecule has 1 unspecified atom stereocenters. The van der Waals surface area contributed by atoms with Crippen molar-refractivity contribution in [3.05, 3.63) is 48.6 Å². The van der Waals surface area contributed by atoms with E-state index in [1.165, 1.54) is 96.3 Å². The van der Waals surface area contributed by atoms with Crippen molar-refractivity contribution in [2.45, 2.75) is 193 Å². The van der Waals surface area contributed by atoms with Gasteiger partial charge in [-0.15, -0.1) is 0 Å². The first-order valence-corrected chi connectivity index (χ1v) is 24.3. The van der Waals surface area contributed by atoms with Gasteiger partial charge in [0.15, 0.2) is 6.10 Å². The lowest BCUT2D eigenvalue weighted by Crippen LogP contribution is -2.37. The lowest BCUT2D eigenvalue weighted by atomic mass is 10.0. The zero-order chi connectivity index (χ0) is 42.1. The van der Waals surface area contributed by atoms with Crippen molar-refractivity contribution in [2.24, 2.45) is 0 Å². The van der Waals surface area contributed by atoms with Gasteiger partial charge in [-0.05, 0) is 57.8 Å². The number of hydrogen-bond donors (Lipinski definition) is 0. The van der Waals surface area contributed by atoms with Crippen LogP contribution in [-0.2, 0) is 32.7 Å². The monoisotopic (exact) mass is 824 g/mol. The molecule has 0 saturated carbocycles. The van der Waals surface area contributed by atoms with E-state index in [4.69, 9.17) is 18.5 Å². The van der Waals surface area contributed by atoms with Gasteiger partial charge in [-0.1, -0.05) is 165 Å². The van der Waals surface area contributed by atoms with Crippen LogP contribution >= 0.6 is 7.82 Å². The van der Waals surface area contributed by atoms with Crippen LogP contribution in [0.5, 0.6) is 0 Å². The zero-order valence-electron chi connectivity index (χ0n) is 37.3. The van der Waals surface area contributed by atoms with E-state index in [9.17, 15) is 19.0 Å². The number of rotatable bonds is 41. The summed E-state index contributed by atoms with van der Waals surface area (Å²) in [6.45, 7) is 4.16. The standard InChI is InChI=1S/C47H86NO8P/c1-6-8-10-12-14-16-18-20-22-23-24-25-26-28-30-32-34-36-38-40-47(50)56-45(44-55-57(51,52)54-42-41-48(3,4)5)43-53-46(49)39-37-35-33-31-29-27-21-19-17-15-13-11-9-7-2/h14,16,20,22,24-25,28,30,45H,6-13,15,17-19,21,23,26-27,29,31-44H2,1-5H3/b16-14+,22-20+,25-24+,30-28+/t45-/m1/s1. The van der Waals surface area contributed by atoms with Gasteiger partial charge in [-0.2, -0.15) is 0 Å². The molecule has 9 nitrogen and oxygen atoms in total. The highest BCUT2D eigenvalue weighted by Crippen LogP contribution is 2.38. The third-order valence-electron chi connectivity index (χ3n) is 9.60. The Morgan fingerprint density at radius 2 is 0.947 bits per heavy atom. The Bertz CT molecular complexity index is 1110. The van der Waals surface area contributed by atoms with Crippen molar-refractivity contribution in [3.8, 4) is 0 Å². The molecule has 0 aromatic carbocycles. The van der Waals surface area contributed by atoms with Crippen LogP contribution in [0.15, 0.2) is 48.6 Å². The van der Waals surface area contributed by atoms with Crippen LogP contribution in [0, 0.1) is 0 Å². The molecule has 0 heterocycles. The molecule has 0 rings (SSSR count). The zero-order valence-corrected chi connectivity index (χ0v) is 38.2. The Morgan fingerprint density at radius 3 is 1.44 bits per heavy atom. The number of phosphoric acid groups is 1. The summed E-state index contributed by atoms with van der Waals surface area (Å²) in [4.78, 5) is 37.5. The quantitative estimate of drug-likeness (QED) is 0.0197. The molecule has 2 atom stereocenters. The summed E-state index contributed by atoms with van der Waals surface area (Å²) in [5.74, 6) is -0.868. The Morgan fingerprint density at radius 1 is 0.544 bits per heavy atom. The minimum Gasteiger partial charge on any atom is -0.756 e. The molecule has 0 bridgehead atoms. The fourth-order valence-corrected chi connectivity index (χ4v) is 6.72. The predicted octanol–water partition coefficient (Wildman–Crippen LogP) is 12.4. The van der Waals surface area contributed by atoms with Crippen LogP contribution in [0.2, 0.25) is 0 Å². The van der Waals surface area contributed by atoms with Crippen LogP contribution in [0.1, 0.15) is 187 Å². The van der Waals surface area contributed by atoms with Gasteiger partial charge in [-0.3, -0.25) is 14.2 Å². The van der Waals surface area contributed by atoms with Crippen molar-refractivity contribution in [1.82, 2.24) is 0 Å². The number of carbonyl (C=O) groups excluding carboxylic acids is 2. The van der Waals surface area contributed by atoms with Crippen LogP contribution in [-0.4, -0.2) is 70.0 Å². The summed E-state index contributed by atoms with van der Waals surface area (Å²) >= 11 is 0. The maximum absolute atomic E-state index is 12.7. The highest BCUT2D eigenvalue weighted by atomic mass is 31.2. The summed E-state index contributed by atoms with van der Waals surface area (Å²) < 4.78 is 33.9. The third kappa shape index (κ3) is 43.4. The molecule has 0 spiro atoms. The Balaban J connectivity index is 4.41. The number of unbranched alkanes of at least 4 members (excludes halogenated alkanes) is 19. The topological polar surface area (TPSA) is 111 Å². The molecule has 0 aliphatic rings. The van der Waals surface area contributed by atoms with Gasteiger partial charge < -0.3 is 27.9 Å². The molecular formula is C47H86NO8P. The van der Waals surface area contributed by atoms with E-state index in [-0.39, 0.29) is 26.1 Å². The highest BCUT2D eigenvalue weighted by Gasteiger charge is 2.21. The number of nitrogens with zero attached hydrogens (tertiary/aromatic N) is 1. The molecule has 332 valence electrons. The lowest BCUT2D eigenvalue weighted by molar-refractivity contribution is -0.870. The van der Waals surface area contributed by atoms with Gasteiger partial charge in [0.2, 0.25) is 0 Å². The Hall–Kier alpha value is -2.03. The van der Waals surface area contributed by atoms with E-state index >= 15 is 0 Å². The second kappa shape index (κ2) is 39.4. The van der Waals surface area contributed by atoms with Gasteiger partial charge in [0.25, 0.3) is 7.82 Å². The van der Waals surface area contributed by atoms with Gasteiger partial charge in [0.1, 0.15) is 19.8 Å². The molecular weight excluding hydrogens is 737 g/mol. The largest absolute Gasteiger partial charge is 0.756 e. The molecule has 0 amide bonds. The van der Waals surface area contributed by atoms with Crippen LogP contribution in [0.3, 0.4) is 0 Å². The number of esters is 2. The summed E-state index contributed by atoms with van der Waals surface area (Å²) in [7, 11) is 1.14. The summed E-state index contributed by atoms with van der Waals surface area (Å²) in [6.07, 6.45) is 45.6. The van der Waals surface area contributed by atoms with E-state index in [1.54, 1.807) is 0 Å². The van der Waals surface area contributed by atoms with Crippen LogP contribution in [0.25, 0.3) is 0 Å². The summed E-state index contributed by atoms with van der Waals surface area (Å²) in [5.41, 5.74) is 0. The van der Waals surface area contributed by atoms with Gasteiger partial charge in [0, 0.05) is 12.8 Å². The van der Waals surface area contributed by atoms with Crippen LogP contribution in [0.4, 0.5) is 0 Å². The first kappa shape index (κ1) is 55.0. The van der Waals surface area contributed by atoms with E-state index in [1.807, 2.05) is 21.1 Å². The number of quaternary nitrogens is 1. The average Bonchev–Trinajstić information content (AvgIpc) is 3.16. The number of ether oxygens (including phenoxy) is 2. The molecule has 0 aliphatic carbocycles. The van der Waals surface area contributed by atoms with E-state index in [0.29, 0.717) is 17.4 Å². The molecule has 0 fully saturated rings. The van der Waals surface area contributed by atoms with E-state index in [2.05, 4.69) is 62.5 Å². The average molecular weight is 824 g/mol. The molecule has 0 aromatic heterocycles. The Kier molecular flexibility index (Phi) is 38.0. The number of allylic oxidation sites excluding steroid dienone is 8. The highest BCUT2D eigenvalue weighted by molar-refractivity contribution is 7.45. The number of likely N-dealkylation sites (N-methyl/N-ethyl adjacent to an activating group) is 1. The van der Waals surface area contributed by atoms with E-state index < -0.39 is 32.5 Å². The first-order valence-electron chi connectivity index (χ1n) is 22.8. The fourth-order valence-electron chi connectivity index (χ4n) is 5.99. The van der Waals surface area contributed by atoms with Gasteiger partial charge in [0.05, 0.1) is 27.7 Å². The molecule has 0 saturated heterocycles. The van der Waals surface area contributed by atoms with Crippen molar-refractivity contribution >= 4 is 19.8 Å². The normalized spacial score (nSPS) is 14.0. The second-order valence-electron chi connectivity index (χ2n) is 16.4. The number of hydrogen-bond acceptors (Lipinski definition) is 8. The molecule has 0 N–H and O–H groups in total. The number of phosphoric ester groups is 1. The predicted molar refractivity (Wildman–Crippen MR) is 236 cm³/mol. The SMILES string of the molecule is CCCCC/C=C/C/C=C/C/C=C/C/C=C/CCCCCC(=O)O[C@H](COC(=O)CCCCCCCCCCCCCCCC)COP(=O)([O-])OCC[N+](C)(C)C. The molecule has 0 radical (unpaired) electrons. The van der Waals surface area contributed by atoms with E-state index in [0.717, 1.165) is 57.8 Å². The minimum absolute atomic E-state index is 0.0377. The first-order chi connectivity index (χ1) is 27.5. The second-order valence-corrected chi connectivity index (χ2v) is 17.8. The van der Waals surface area contributed by atoms with Crippen LogP contribution < -0.4 is 4.89 Å². The smallest absolute Gasteiger partial charge is 0.306 e. The van der Waals surface area contributed by atoms with Crippen molar-refractivity contribution in [2.75, 3.05) is 47.5 Å². The summed E-state index contributed by atoms with van der Waals surface area (Å²) in [5, 5.41) is 0. The van der Waals surface area contributed by atoms with Gasteiger partial charge >= 0.3 is 11.9 Å². The molecule has 0 aliphatic heterocycles. The van der Waals surface area contributed by atoms with Crippen molar-refractivity contribution in [3.63, 3.8) is 0 Å². The van der Waals surface area contributed by atoms with Crippen molar-refractivity contribution in [1.29, 1.82) is 0 Å². The number of carbonyl (C=O) groups is 2.